The molecule has 0 fully saturated rings. The number of nitrogens with zero attached hydrogens (tertiary/aromatic N) is 2. The van der Waals surface area contributed by atoms with Crippen molar-refractivity contribution in [2.45, 2.75) is 37.3 Å². The van der Waals surface area contributed by atoms with Gasteiger partial charge in [0.1, 0.15) is 0 Å². The Bertz CT molecular complexity index is 1540. The lowest BCUT2D eigenvalue weighted by Gasteiger charge is -2.36. The van der Waals surface area contributed by atoms with Crippen LogP contribution in [0, 0.1) is 23.0 Å². The van der Waals surface area contributed by atoms with E-state index in [0.717, 1.165) is 6.07 Å². The summed E-state index contributed by atoms with van der Waals surface area (Å²) in [5, 5.41) is 11.4. The number of esters is 2. The van der Waals surface area contributed by atoms with E-state index in [1.807, 2.05) is 0 Å². The summed E-state index contributed by atoms with van der Waals surface area (Å²) in [5.74, 6) is -6.31. The van der Waals surface area contributed by atoms with Crippen LogP contribution in [0.5, 0.6) is 0 Å². The average Bonchev–Trinajstić information content (AvgIpc) is 3.25. The lowest BCUT2D eigenvalue weighted by atomic mass is 9.69. The van der Waals surface area contributed by atoms with Crippen LogP contribution >= 0.6 is 15.9 Å². The Kier molecular flexibility index (Phi) is 8.99. The molecule has 216 valence electrons. The minimum Gasteiger partial charge on any atom is -0.465 e. The quantitative estimate of drug-likeness (QED) is 0.133. The molecule has 1 atom stereocenters. The maximum absolute atomic E-state index is 15.3. The van der Waals surface area contributed by atoms with Crippen molar-refractivity contribution in [3.8, 4) is 0 Å². The van der Waals surface area contributed by atoms with Crippen molar-refractivity contribution in [2.24, 2.45) is 5.92 Å². The lowest BCUT2D eigenvalue weighted by Crippen LogP contribution is -2.58. The lowest BCUT2D eigenvalue weighted by molar-refractivity contribution is -0.503. The fourth-order valence-corrected chi connectivity index (χ4v) is 6.53. The van der Waals surface area contributed by atoms with Crippen LogP contribution < -0.4 is 0 Å². The number of para-hydroxylation sites is 1. The van der Waals surface area contributed by atoms with E-state index in [0.29, 0.717) is 15.7 Å². The first-order valence-corrected chi connectivity index (χ1v) is 14.0. The van der Waals surface area contributed by atoms with Crippen molar-refractivity contribution >= 4 is 48.8 Å². The summed E-state index contributed by atoms with van der Waals surface area (Å²) in [6.07, 6.45) is -5.09. The van der Waals surface area contributed by atoms with Gasteiger partial charge in [-0.3, -0.25) is 19.7 Å². The molecule has 1 heterocycles. The van der Waals surface area contributed by atoms with Gasteiger partial charge in [0.05, 0.1) is 23.6 Å². The Morgan fingerprint density at radius 1 is 1.05 bits per heavy atom. The Morgan fingerprint density at radius 2 is 1.60 bits per heavy atom. The number of halogens is 4. The third-order valence-corrected chi connectivity index (χ3v) is 8.54. The normalized spacial score (nSPS) is 13.7. The predicted molar refractivity (Wildman–Crippen MR) is 140 cm³/mol. The number of ether oxygens (including phenoxy) is 2. The molecule has 0 radical (unpaired) electrons. The summed E-state index contributed by atoms with van der Waals surface area (Å²) < 4.78 is 83.4. The number of aromatic nitrogens is 1. The molecule has 3 rings (SSSR count). The van der Waals surface area contributed by atoms with Crippen LogP contribution in [-0.2, 0) is 34.5 Å². The second kappa shape index (κ2) is 11.6. The summed E-state index contributed by atoms with van der Waals surface area (Å²) in [4.78, 5) is 36.2. The minimum atomic E-state index is -5.65. The first-order valence-electron chi connectivity index (χ1n) is 11.8. The van der Waals surface area contributed by atoms with Gasteiger partial charge in [-0.15, -0.1) is 0 Å². The number of aryl methyl sites for hydroxylation is 1. The number of carbonyl (C=O) groups excluding carboxylic acids is 2. The van der Waals surface area contributed by atoms with E-state index < -0.39 is 75.1 Å². The van der Waals surface area contributed by atoms with Gasteiger partial charge in [0.15, 0.2) is 11.3 Å². The molecule has 0 saturated carbocycles. The molecular weight excluding hydrogens is 625 g/mol. The molecule has 10 nitrogen and oxygen atoms in total. The molecule has 0 saturated heterocycles. The molecule has 3 aromatic rings. The van der Waals surface area contributed by atoms with Gasteiger partial charge in [-0.2, -0.15) is 13.2 Å². The molecule has 1 aromatic heterocycles. The first kappa shape index (κ1) is 31.1. The second-order valence-electron chi connectivity index (χ2n) is 8.69. The van der Waals surface area contributed by atoms with Crippen LogP contribution in [0.25, 0.3) is 10.9 Å². The topological polar surface area (TPSA) is 135 Å². The number of alkyl halides is 3. The van der Waals surface area contributed by atoms with E-state index in [1.54, 1.807) is 6.92 Å². The zero-order valence-electron chi connectivity index (χ0n) is 21.4. The van der Waals surface area contributed by atoms with Crippen LogP contribution in [0.1, 0.15) is 25.0 Å². The van der Waals surface area contributed by atoms with Crippen molar-refractivity contribution in [3.05, 3.63) is 74.4 Å². The van der Waals surface area contributed by atoms with Crippen molar-refractivity contribution in [1.29, 1.82) is 0 Å². The van der Waals surface area contributed by atoms with Gasteiger partial charge < -0.3 is 9.47 Å². The van der Waals surface area contributed by atoms with Gasteiger partial charge >= 0.3 is 18.1 Å². The molecule has 40 heavy (non-hydrogen) atoms. The highest BCUT2D eigenvalue weighted by Gasteiger charge is 2.70. The second-order valence-corrected chi connectivity index (χ2v) is 11.4. The van der Waals surface area contributed by atoms with Crippen molar-refractivity contribution in [2.75, 3.05) is 19.8 Å². The van der Waals surface area contributed by atoms with Crippen molar-refractivity contribution < 1.29 is 45.6 Å². The number of carbonyl (C=O) groups is 2. The minimum absolute atomic E-state index is 0.0351. The molecule has 15 heteroatoms. The summed E-state index contributed by atoms with van der Waals surface area (Å²) in [6, 6.07) is 9.24. The largest absolute Gasteiger partial charge is 0.465 e. The highest BCUT2D eigenvalue weighted by molar-refractivity contribution is 9.10. The number of rotatable bonds is 10. The van der Waals surface area contributed by atoms with Gasteiger partial charge in [0.2, 0.25) is 6.54 Å². The summed E-state index contributed by atoms with van der Waals surface area (Å²) in [7, 11) is -4.59. The van der Waals surface area contributed by atoms with Crippen LogP contribution in [0.3, 0.4) is 0 Å². The smallest absolute Gasteiger partial charge is 0.406 e. The third-order valence-electron chi connectivity index (χ3n) is 6.22. The maximum atomic E-state index is 15.3. The molecule has 0 amide bonds. The van der Waals surface area contributed by atoms with Crippen LogP contribution in [-0.4, -0.2) is 55.2 Å². The molecule has 0 aliphatic carbocycles. The maximum Gasteiger partial charge on any atom is 0.406 e. The number of hydrogen-bond acceptors (Lipinski definition) is 8. The zero-order chi connectivity index (χ0) is 30.0. The van der Waals surface area contributed by atoms with E-state index >= 15 is 13.2 Å². The fourth-order valence-electron chi connectivity index (χ4n) is 4.47. The van der Waals surface area contributed by atoms with Gasteiger partial charge in [-0.05, 0) is 54.9 Å². The molecular formula is C25H24BrF3N2O8S. The third kappa shape index (κ3) is 5.44. The first-order chi connectivity index (χ1) is 18.6. The van der Waals surface area contributed by atoms with E-state index in [9.17, 15) is 28.1 Å². The standard InChI is InChI=1S/C25H24BrF3N2O8S/c1-4-38-22(32)20(23(33)39-5-2)24(14-31(34)35,25(27,28)29)18-13-30(21-17(18)7-6-8-19(21)26)40(36,37)16-11-9-15(3)10-12-16/h6-13,20H,4-5,14H2,1-3H3/t24-/m0/s1. The molecule has 0 N–H and O–H groups in total. The molecule has 0 spiro atoms. The summed E-state index contributed by atoms with van der Waals surface area (Å²) in [6.45, 7) is 1.36. The fraction of sp³-hybridized carbons (Fsp3) is 0.360. The van der Waals surface area contributed by atoms with Crippen molar-refractivity contribution in [1.82, 2.24) is 3.97 Å². The molecule has 0 bridgehead atoms. The van der Waals surface area contributed by atoms with E-state index in [1.165, 1.54) is 50.2 Å². The number of hydrogen-bond donors (Lipinski definition) is 0. The summed E-state index contributed by atoms with van der Waals surface area (Å²) >= 11 is 3.17. The number of benzene rings is 2. The van der Waals surface area contributed by atoms with Crippen LogP contribution in [0.2, 0.25) is 0 Å². The summed E-state index contributed by atoms with van der Waals surface area (Å²) in [5.41, 5.74) is -4.45. The Balaban J connectivity index is 2.56. The SMILES string of the molecule is CCOC(=O)C(C(=O)OCC)[C@](C[N+](=O)[O-])(c1cn(S(=O)(=O)c2ccc(C)cc2)c2c(Br)cccc12)C(F)(F)F. The van der Waals surface area contributed by atoms with Gasteiger partial charge in [0, 0.05) is 26.5 Å². The van der Waals surface area contributed by atoms with Crippen LogP contribution in [0.15, 0.2) is 58.0 Å². The van der Waals surface area contributed by atoms with E-state index in [4.69, 9.17) is 9.47 Å². The predicted octanol–water partition coefficient (Wildman–Crippen LogP) is 4.77. The highest BCUT2D eigenvalue weighted by atomic mass is 79.9. The average molecular weight is 649 g/mol. The highest BCUT2D eigenvalue weighted by Crippen LogP contribution is 2.51. The zero-order valence-corrected chi connectivity index (χ0v) is 23.8. The van der Waals surface area contributed by atoms with E-state index in [2.05, 4.69) is 15.9 Å². The van der Waals surface area contributed by atoms with Crippen LogP contribution in [0.4, 0.5) is 13.2 Å². The van der Waals surface area contributed by atoms with Gasteiger partial charge in [0.25, 0.3) is 10.0 Å². The monoisotopic (exact) mass is 648 g/mol. The Hall–Kier alpha value is -3.46. The van der Waals surface area contributed by atoms with Gasteiger partial charge in [-0.25, -0.2) is 12.4 Å². The van der Waals surface area contributed by atoms with Crippen molar-refractivity contribution in [3.63, 3.8) is 0 Å². The molecule has 2 aromatic carbocycles. The molecule has 0 unspecified atom stereocenters. The Morgan fingerprint density at radius 3 is 2.08 bits per heavy atom. The number of fused-ring (bicyclic) bond motifs is 1. The molecule has 0 aliphatic rings. The number of nitro groups is 1. The van der Waals surface area contributed by atoms with Gasteiger partial charge in [-0.1, -0.05) is 29.8 Å². The Labute approximate surface area is 235 Å². The molecule has 0 aliphatic heterocycles. The van der Waals surface area contributed by atoms with E-state index in [-0.39, 0.29) is 14.9 Å².